The van der Waals surface area contributed by atoms with Crippen molar-refractivity contribution in [3.8, 4) is 0 Å². The van der Waals surface area contributed by atoms with Crippen LogP contribution in [0.3, 0.4) is 0 Å². The minimum atomic E-state index is -1.21. The number of fused-ring (bicyclic) bond motifs is 1. The van der Waals surface area contributed by atoms with Crippen molar-refractivity contribution in [1.82, 2.24) is 4.90 Å². The molecule has 3 aliphatic rings. The molecule has 0 aromatic heterocycles. The minimum absolute atomic E-state index is 0.0569. The molecule has 3 saturated heterocycles. The Morgan fingerprint density at radius 1 is 1.31 bits per heavy atom. The Morgan fingerprint density at radius 3 is 2.69 bits per heavy atom. The van der Waals surface area contributed by atoms with Crippen LogP contribution in [0.2, 0.25) is 5.02 Å². The first-order valence-corrected chi connectivity index (χ1v) is 12.8. The van der Waals surface area contributed by atoms with Gasteiger partial charge in [0.1, 0.15) is 17.6 Å². The Hall–Kier alpha value is -2.68. The average molecular weight is 517 g/mol. The second kappa shape index (κ2) is 10.4. The molecule has 1 aromatic carbocycles. The van der Waals surface area contributed by atoms with Gasteiger partial charge in [-0.25, -0.2) is 0 Å². The van der Waals surface area contributed by atoms with Crippen LogP contribution in [0.4, 0.5) is 5.69 Å². The second-order valence-electron chi connectivity index (χ2n) is 9.52. The number of para-hydroxylation sites is 1. The monoisotopic (exact) mass is 516 g/mol. The highest BCUT2D eigenvalue weighted by Crippen LogP contribution is 2.64. The minimum Gasteiger partial charge on any atom is -0.465 e. The molecule has 4 rings (SSSR count). The Morgan fingerprint density at radius 2 is 2.06 bits per heavy atom. The number of carbonyl (C=O) groups excluding carboxylic acids is 3. The summed E-state index contributed by atoms with van der Waals surface area (Å²) in [5.41, 5.74) is -1.61. The van der Waals surface area contributed by atoms with Gasteiger partial charge in [-0.05, 0) is 37.8 Å². The number of rotatable bonds is 11. The van der Waals surface area contributed by atoms with E-state index in [0.29, 0.717) is 36.4 Å². The molecule has 2 unspecified atom stereocenters. The smallest absolute Gasteiger partial charge is 0.312 e. The summed E-state index contributed by atoms with van der Waals surface area (Å²) in [7, 11) is 0. The number of anilines is 1. The van der Waals surface area contributed by atoms with Crippen LogP contribution >= 0.6 is 11.6 Å². The maximum atomic E-state index is 14.3. The van der Waals surface area contributed by atoms with E-state index in [2.05, 4.69) is 13.2 Å². The molecular weight excluding hydrogens is 484 g/mol. The van der Waals surface area contributed by atoms with E-state index in [1.54, 1.807) is 36.4 Å². The van der Waals surface area contributed by atoms with Gasteiger partial charge in [0, 0.05) is 13.1 Å². The third-order valence-electron chi connectivity index (χ3n) is 7.80. The summed E-state index contributed by atoms with van der Waals surface area (Å²) in [4.78, 5) is 44.3. The van der Waals surface area contributed by atoms with Crippen molar-refractivity contribution >= 4 is 35.1 Å². The van der Waals surface area contributed by atoms with Gasteiger partial charge >= 0.3 is 5.97 Å². The first kappa shape index (κ1) is 26.4. The van der Waals surface area contributed by atoms with Crippen molar-refractivity contribution in [2.75, 3.05) is 31.2 Å². The van der Waals surface area contributed by atoms with Gasteiger partial charge in [-0.15, -0.1) is 13.2 Å². The number of hydrogen-bond donors (Lipinski definition) is 1. The van der Waals surface area contributed by atoms with Gasteiger partial charge < -0.3 is 24.4 Å². The zero-order chi connectivity index (χ0) is 26.1. The molecule has 3 heterocycles. The topological polar surface area (TPSA) is 96.4 Å². The molecule has 1 aromatic rings. The van der Waals surface area contributed by atoms with Gasteiger partial charge in [0.15, 0.2) is 0 Å². The Bertz CT molecular complexity index is 1060. The first-order chi connectivity index (χ1) is 17.3. The standard InChI is InChI=1S/C27H33ClN2O6/c1-4-7-17-35-25(34)21-20-23(32)30(15-16-31)22(27(20)13-12-26(21,6-3)36-27)24(33)29(14-5-2)19-11-9-8-10-18(19)28/h4-5,8-11,20-22,31H,1-2,6-7,12-17H2,3H3/t20-,21-,22?,26+,27?/m0/s1. The maximum absolute atomic E-state index is 14.3. The number of ether oxygens (including phenoxy) is 2. The predicted molar refractivity (Wildman–Crippen MR) is 135 cm³/mol. The Labute approximate surface area is 216 Å². The highest BCUT2D eigenvalue weighted by Gasteiger charge is 2.79. The molecule has 0 radical (unpaired) electrons. The quantitative estimate of drug-likeness (QED) is 0.276. The third kappa shape index (κ3) is 3.96. The number of aliphatic hydroxyl groups is 1. The molecule has 2 amide bonds. The van der Waals surface area contributed by atoms with Crippen molar-refractivity contribution in [1.29, 1.82) is 0 Å². The lowest BCUT2D eigenvalue weighted by Gasteiger charge is -2.36. The van der Waals surface area contributed by atoms with Crippen LogP contribution in [0.25, 0.3) is 0 Å². The number of amides is 2. The molecule has 1 N–H and O–H groups in total. The fourth-order valence-corrected chi connectivity index (χ4v) is 6.53. The molecule has 2 bridgehead atoms. The molecule has 9 heteroatoms. The zero-order valence-electron chi connectivity index (χ0n) is 20.5. The van der Waals surface area contributed by atoms with Crippen molar-refractivity contribution in [2.45, 2.75) is 49.9 Å². The molecule has 8 nitrogen and oxygen atoms in total. The van der Waals surface area contributed by atoms with Crippen LogP contribution in [0.5, 0.6) is 0 Å². The van der Waals surface area contributed by atoms with Crippen LogP contribution in [0, 0.1) is 11.8 Å². The third-order valence-corrected chi connectivity index (χ3v) is 8.12. The van der Waals surface area contributed by atoms with Crippen molar-refractivity contribution in [2.24, 2.45) is 11.8 Å². The second-order valence-corrected chi connectivity index (χ2v) is 9.93. The maximum Gasteiger partial charge on any atom is 0.312 e. The van der Waals surface area contributed by atoms with Gasteiger partial charge in [-0.3, -0.25) is 14.4 Å². The van der Waals surface area contributed by atoms with E-state index >= 15 is 0 Å². The number of carbonyl (C=O) groups is 3. The summed E-state index contributed by atoms with van der Waals surface area (Å²) in [6.45, 7) is 9.29. The molecular formula is C27H33ClN2O6. The van der Waals surface area contributed by atoms with Crippen molar-refractivity contribution < 1.29 is 29.0 Å². The van der Waals surface area contributed by atoms with E-state index in [1.165, 1.54) is 9.80 Å². The summed E-state index contributed by atoms with van der Waals surface area (Å²) in [6, 6.07) is 5.93. The van der Waals surface area contributed by atoms with Crippen LogP contribution in [-0.2, 0) is 23.9 Å². The fraction of sp³-hybridized carbons (Fsp3) is 0.519. The molecule has 1 spiro atoms. The summed E-state index contributed by atoms with van der Waals surface area (Å²) in [5, 5.41) is 10.2. The number of aliphatic hydroxyl groups excluding tert-OH is 1. The summed E-state index contributed by atoms with van der Waals surface area (Å²) in [6.07, 6.45) is 5.21. The lowest BCUT2D eigenvalue weighted by Crippen LogP contribution is -2.57. The number of likely N-dealkylation sites (tertiary alicyclic amines) is 1. The van der Waals surface area contributed by atoms with E-state index < -0.39 is 35.0 Å². The van der Waals surface area contributed by atoms with Gasteiger partial charge in [-0.1, -0.05) is 42.8 Å². The number of hydrogen-bond acceptors (Lipinski definition) is 6. The molecule has 0 aliphatic carbocycles. The van der Waals surface area contributed by atoms with Gasteiger partial charge in [0.25, 0.3) is 5.91 Å². The summed E-state index contributed by atoms with van der Waals surface area (Å²) < 4.78 is 12.2. The summed E-state index contributed by atoms with van der Waals surface area (Å²) >= 11 is 6.44. The normalized spacial score (nSPS) is 30.2. The molecule has 194 valence electrons. The largest absolute Gasteiger partial charge is 0.465 e. The highest BCUT2D eigenvalue weighted by atomic mass is 35.5. The first-order valence-electron chi connectivity index (χ1n) is 12.4. The lowest BCUT2D eigenvalue weighted by molar-refractivity contribution is -0.160. The van der Waals surface area contributed by atoms with Crippen molar-refractivity contribution in [3.63, 3.8) is 0 Å². The van der Waals surface area contributed by atoms with E-state index in [9.17, 15) is 19.5 Å². The van der Waals surface area contributed by atoms with E-state index in [-0.39, 0.29) is 38.1 Å². The SMILES string of the molecule is C=CCCOC(=O)[C@@H]1[C@H]2C(=O)N(CCO)C(C(=O)N(CC=C)c3ccccc3Cl)C23CC[C@@]1(CC)O3. The fourth-order valence-electron chi connectivity index (χ4n) is 6.29. The average Bonchev–Trinajstić information content (AvgIpc) is 3.47. The predicted octanol–water partition coefficient (Wildman–Crippen LogP) is 3.13. The molecule has 36 heavy (non-hydrogen) atoms. The van der Waals surface area contributed by atoms with Crippen molar-refractivity contribution in [3.05, 3.63) is 54.6 Å². The molecule has 0 saturated carbocycles. The van der Waals surface area contributed by atoms with Gasteiger partial charge in [0.2, 0.25) is 5.91 Å². The number of benzene rings is 1. The Kier molecular flexibility index (Phi) is 7.59. The van der Waals surface area contributed by atoms with E-state index in [0.717, 1.165) is 0 Å². The number of esters is 1. The van der Waals surface area contributed by atoms with E-state index in [4.69, 9.17) is 21.1 Å². The molecule has 3 fully saturated rings. The number of β-amino-alcohol motifs (C(OH)–C–C–N with tert-alkyl or cyclic N) is 1. The number of halogens is 1. The van der Waals surface area contributed by atoms with Gasteiger partial charge in [-0.2, -0.15) is 0 Å². The van der Waals surface area contributed by atoms with E-state index in [1.807, 2.05) is 6.92 Å². The lowest BCUT2D eigenvalue weighted by atomic mass is 9.65. The number of nitrogens with zero attached hydrogens (tertiary/aromatic N) is 2. The highest BCUT2D eigenvalue weighted by molar-refractivity contribution is 6.34. The Balaban J connectivity index is 1.78. The van der Waals surface area contributed by atoms with Crippen LogP contribution in [0.1, 0.15) is 32.6 Å². The summed E-state index contributed by atoms with van der Waals surface area (Å²) in [5.74, 6) is -2.97. The van der Waals surface area contributed by atoms with Crippen LogP contribution in [-0.4, -0.2) is 71.3 Å². The van der Waals surface area contributed by atoms with Gasteiger partial charge in [0.05, 0.1) is 35.4 Å². The molecule has 3 aliphatic heterocycles. The molecule has 5 atom stereocenters. The van der Waals surface area contributed by atoms with Crippen LogP contribution in [0.15, 0.2) is 49.6 Å². The van der Waals surface area contributed by atoms with Crippen LogP contribution < -0.4 is 4.90 Å². The zero-order valence-corrected chi connectivity index (χ0v) is 21.3.